The summed E-state index contributed by atoms with van der Waals surface area (Å²) < 4.78 is 26.5. The van der Waals surface area contributed by atoms with Gasteiger partial charge in [0.15, 0.2) is 0 Å². The second-order valence-corrected chi connectivity index (χ2v) is 6.01. The molecule has 1 aliphatic heterocycles. The summed E-state index contributed by atoms with van der Waals surface area (Å²) in [5.41, 5.74) is 0.664. The predicted octanol–water partition coefficient (Wildman–Crippen LogP) is 0.647. The number of fused-ring (bicyclic) bond motifs is 1. The molecule has 0 bridgehead atoms. The van der Waals surface area contributed by atoms with Gasteiger partial charge in [-0.15, -0.1) is 0 Å². The lowest BCUT2D eigenvalue weighted by Gasteiger charge is -2.21. The molecule has 0 N–H and O–H groups in total. The first-order chi connectivity index (χ1) is 8.81. The summed E-state index contributed by atoms with van der Waals surface area (Å²) in [6.07, 6.45) is 0.919. The largest absolute Gasteiger partial charge is 0.269 e. The van der Waals surface area contributed by atoms with Crippen LogP contribution >= 0.6 is 0 Å². The van der Waals surface area contributed by atoms with Crippen LogP contribution in [-0.4, -0.2) is 44.0 Å². The van der Waals surface area contributed by atoms with Gasteiger partial charge in [-0.1, -0.05) is 12.1 Å². The molecule has 0 aliphatic carbocycles. The first-order valence-electron chi connectivity index (χ1n) is 5.62. The molecule has 1 atom stereocenters. The maximum Gasteiger partial charge on any atom is 0.264 e. The van der Waals surface area contributed by atoms with Crippen LogP contribution < -0.4 is 0 Å². The molecule has 7 heteroatoms. The Balaban J connectivity index is 2.20. The zero-order valence-electron chi connectivity index (χ0n) is 10.5. The van der Waals surface area contributed by atoms with Crippen LogP contribution in [0.5, 0.6) is 0 Å². The van der Waals surface area contributed by atoms with Crippen LogP contribution in [0, 0.1) is 0 Å². The van der Waals surface area contributed by atoms with Crippen LogP contribution in [-0.2, 0) is 14.3 Å². The number of hydrogen-bond acceptors (Lipinski definition) is 5. The maximum atomic E-state index is 12.1. The Morgan fingerprint density at radius 3 is 2.05 bits per heavy atom. The summed E-state index contributed by atoms with van der Waals surface area (Å²) in [6.45, 7) is 1.32. The van der Waals surface area contributed by atoms with Crippen LogP contribution in [0.25, 0.3) is 0 Å². The van der Waals surface area contributed by atoms with Crippen LogP contribution in [0.1, 0.15) is 27.6 Å². The summed E-state index contributed by atoms with van der Waals surface area (Å²) >= 11 is 0. The number of amides is 2. The quantitative estimate of drug-likeness (QED) is 0.598. The highest BCUT2D eigenvalue weighted by Gasteiger charge is 2.38. The Bertz CT molecular complexity index is 602. The Kier molecular flexibility index (Phi) is 3.42. The van der Waals surface area contributed by atoms with E-state index in [9.17, 15) is 18.0 Å². The summed E-state index contributed by atoms with van der Waals surface area (Å²) in [6, 6.07) is 5.83. The molecule has 6 nitrogen and oxygen atoms in total. The van der Waals surface area contributed by atoms with Gasteiger partial charge in [0.2, 0.25) is 0 Å². The van der Waals surface area contributed by atoms with Crippen molar-refractivity contribution in [2.45, 2.75) is 13.0 Å². The fourth-order valence-electron chi connectivity index (χ4n) is 1.90. The molecule has 1 aromatic rings. The second kappa shape index (κ2) is 4.75. The average molecular weight is 283 g/mol. The molecule has 2 amide bonds. The Morgan fingerprint density at radius 1 is 1.16 bits per heavy atom. The lowest BCUT2D eigenvalue weighted by atomic mass is 10.1. The number of rotatable bonds is 4. The van der Waals surface area contributed by atoms with Crippen molar-refractivity contribution in [1.82, 2.24) is 4.90 Å². The first kappa shape index (κ1) is 13.7. The van der Waals surface area contributed by atoms with Crippen molar-refractivity contribution in [3.05, 3.63) is 35.4 Å². The SMILES string of the molecule is C[C@H](COS(C)(=O)=O)N1C(=O)c2ccccc2C1=O. The van der Waals surface area contributed by atoms with E-state index in [4.69, 9.17) is 0 Å². The topological polar surface area (TPSA) is 80.8 Å². The normalized spacial score (nSPS) is 16.6. The zero-order chi connectivity index (χ0) is 14.2. The number of hydrogen-bond donors (Lipinski definition) is 0. The molecule has 0 fully saturated rings. The zero-order valence-corrected chi connectivity index (χ0v) is 11.3. The summed E-state index contributed by atoms with van der Waals surface area (Å²) in [7, 11) is -3.60. The van der Waals surface area contributed by atoms with Gasteiger partial charge in [-0.25, -0.2) is 0 Å². The van der Waals surface area contributed by atoms with Crippen LogP contribution in [0.3, 0.4) is 0 Å². The van der Waals surface area contributed by atoms with Gasteiger partial charge < -0.3 is 0 Å². The highest BCUT2D eigenvalue weighted by Crippen LogP contribution is 2.24. The standard InChI is InChI=1S/C12H13NO5S/c1-8(7-18-19(2,16)17)13-11(14)9-5-3-4-6-10(9)12(13)15/h3-6,8H,7H2,1-2H3/t8-/m1/s1. The molecule has 0 radical (unpaired) electrons. The first-order valence-corrected chi connectivity index (χ1v) is 7.44. The Hall–Kier alpha value is -1.73. The summed E-state index contributed by atoms with van der Waals surface area (Å²) in [5.74, 6) is -0.851. The molecule has 1 aliphatic rings. The lowest BCUT2D eigenvalue weighted by molar-refractivity contribution is 0.0553. The van der Waals surface area contributed by atoms with E-state index in [-0.39, 0.29) is 6.61 Å². The minimum atomic E-state index is -3.60. The van der Waals surface area contributed by atoms with Crippen molar-refractivity contribution < 1.29 is 22.2 Å². The van der Waals surface area contributed by atoms with Crippen LogP contribution in [0.15, 0.2) is 24.3 Å². The Labute approximate surface area is 111 Å². The van der Waals surface area contributed by atoms with E-state index in [0.717, 1.165) is 11.2 Å². The molecule has 19 heavy (non-hydrogen) atoms. The van der Waals surface area contributed by atoms with Gasteiger partial charge in [0.1, 0.15) is 0 Å². The minimum Gasteiger partial charge on any atom is -0.269 e. The maximum absolute atomic E-state index is 12.1. The number of benzene rings is 1. The van der Waals surface area contributed by atoms with E-state index < -0.39 is 28.0 Å². The summed E-state index contributed by atoms with van der Waals surface area (Å²) in [5, 5.41) is 0. The van der Waals surface area contributed by atoms with Gasteiger partial charge in [-0.3, -0.25) is 18.7 Å². The number of nitrogens with zero attached hydrogens (tertiary/aromatic N) is 1. The predicted molar refractivity (Wildman–Crippen MR) is 67.2 cm³/mol. The third kappa shape index (κ3) is 2.66. The van der Waals surface area contributed by atoms with E-state index in [1.165, 1.54) is 0 Å². The summed E-state index contributed by atoms with van der Waals surface area (Å²) in [4.78, 5) is 25.2. The molecular weight excluding hydrogens is 270 g/mol. The number of carbonyl (C=O) groups is 2. The van der Waals surface area contributed by atoms with E-state index >= 15 is 0 Å². The van der Waals surface area contributed by atoms with E-state index in [1.807, 2.05) is 0 Å². The molecule has 0 spiro atoms. The van der Waals surface area contributed by atoms with Crippen molar-refractivity contribution in [2.75, 3.05) is 12.9 Å². The van der Waals surface area contributed by atoms with Crippen LogP contribution in [0.2, 0.25) is 0 Å². The average Bonchev–Trinajstić information content (AvgIpc) is 2.59. The van der Waals surface area contributed by atoms with Crippen molar-refractivity contribution in [3.8, 4) is 0 Å². The molecule has 1 aromatic carbocycles. The Morgan fingerprint density at radius 2 is 1.63 bits per heavy atom. The lowest BCUT2D eigenvalue weighted by Crippen LogP contribution is -2.41. The highest BCUT2D eigenvalue weighted by molar-refractivity contribution is 7.85. The van der Waals surface area contributed by atoms with Gasteiger partial charge in [0.25, 0.3) is 21.9 Å². The van der Waals surface area contributed by atoms with Crippen molar-refractivity contribution >= 4 is 21.9 Å². The van der Waals surface area contributed by atoms with Gasteiger partial charge >= 0.3 is 0 Å². The molecule has 0 unspecified atom stereocenters. The molecule has 0 saturated carbocycles. The van der Waals surface area contributed by atoms with Gasteiger partial charge in [-0.2, -0.15) is 8.42 Å². The van der Waals surface area contributed by atoms with Gasteiger partial charge in [-0.05, 0) is 19.1 Å². The van der Waals surface area contributed by atoms with Crippen molar-refractivity contribution in [1.29, 1.82) is 0 Å². The minimum absolute atomic E-state index is 0.246. The number of carbonyl (C=O) groups excluding carboxylic acids is 2. The molecule has 0 aromatic heterocycles. The smallest absolute Gasteiger partial charge is 0.264 e. The monoisotopic (exact) mass is 283 g/mol. The molecule has 1 heterocycles. The molecule has 2 rings (SSSR count). The molecular formula is C12H13NO5S. The van der Waals surface area contributed by atoms with E-state index in [0.29, 0.717) is 11.1 Å². The van der Waals surface area contributed by atoms with Crippen molar-refractivity contribution in [3.63, 3.8) is 0 Å². The van der Waals surface area contributed by atoms with Crippen LogP contribution in [0.4, 0.5) is 0 Å². The van der Waals surface area contributed by atoms with Gasteiger partial charge in [0, 0.05) is 0 Å². The third-order valence-corrected chi connectivity index (χ3v) is 3.35. The highest BCUT2D eigenvalue weighted by atomic mass is 32.2. The molecule has 102 valence electrons. The fourth-order valence-corrected chi connectivity index (χ4v) is 2.35. The fraction of sp³-hybridized carbons (Fsp3) is 0.333. The van der Waals surface area contributed by atoms with E-state index in [2.05, 4.69) is 4.18 Å². The van der Waals surface area contributed by atoms with Gasteiger partial charge in [0.05, 0.1) is 30.0 Å². The van der Waals surface area contributed by atoms with Crippen molar-refractivity contribution in [2.24, 2.45) is 0 Å². The molecule has 0 saturated heterocycles. The van der Waals surface area contributed by atoms with E-state index in [1.54, 1.807) is 31.2 Å². The number of imide groups is 1. The second-order valence-electron chi connectivity index (χ2n) is 4.36. The third-order valence-electron chi connectivity index (χ3n) is 2.79.